The highest BCUT2D eigenvalue weighted by molar-refractivity contribution is 5.94. The van der Waals surface area contributed by atoms with Crippen LogP contribution >= 0.6 is 0 Å². The third-order valence-corrected chi connectivity index (χ3v) is 6.59. The Bertz CT molecular complexity index is 1480. The Labute approximate surface area is 195 Å². The molecule has 2 N–H and O–H groups in total. The summed E-state index contributed by atoms with van der Waals surface area (Å²) in [6.07, 6.45) is 6.36. The number of aromatic nitrogens is 6. The molecule has 1 aliphatic heterocycles. The average molecular weight is 457 g/mol. The van der Waals surface area contributed by atoms with Crippen LogP contribution in [0.5, 0.6) is 0 Å². The van der Waals surface area contributed by atoms with Crippen molar-refractivity contribution in [2.24, 2.45) is 0 Å². The van der Waals surface area contributed by atoms with E-state index in [9.17, 15) is 4.79 Å². The number of amides is 1. The second kappa shape index (κ2) is 7.68. The number of likely N-dealkylation sites (tertiary alicyclic amines) is 1. The summed E-state index contributed by atoms with van der Waals surface area (Å²) >= 11 is 0. The summed E-state index contributed by atoms with van der Waals surface area (Å²) in [5, 5.41) is 9.77. The summed E-state index contributed by atoms with van der Waals surface area (Å²) in [6, 6.07) is 13.2. The quantitative estimate of drug-likeness (QED) is 0.441. The maximum absolute atomic E-state index is 14.0. The van der Waals surface area contributed by atoms with Crippen molar-refractivity contribution < 1.29 is 9.21 Å². The molecular formula is C24H24N8O2. The number of anilines is 1. The second-order valence-corrected chi connectivity index (χ2v) is 8.70. The lowest BCUT2D eigenvalue weighted by molar-refractivity contribution is -0.139. The van der Waals surface area contributed by atoms with Crippen LogP contribution in [0.25, 0.3) is 28.3 Å². The second-order valence-electron chi connectivity index (χ2n) is 8.70. The third kappa shape index (κ3) is 2.98. The summed E-state index contributed by atoms with van der Waals surface area (Å²) in [4.78, 5) is 25.2. The van der Waals surface area contributed by atoms with Crippen molar-refractivity contribution in [2.45, 2.75) is 31.7 Å². The van der Waals surface area contributed by atoms with E-state index in [2.05, 4.69) is 20.2 Å². The molecule has 5 heterocycles. The minimum Gasteiger partial charge on any atom is -0.461 e. The molecule has 34 heavy (non-hydrogen) atoms. The molecule has 5 aromatic rings. The van der Waals surface area contributed by atoms with Gasteiger partial charge in [0.2, 0.25) is 11.8 Å². The summed E-state index contributed by atoms with van der Waals surface area (Å²) in [5.41, 5.74) is 6.99. The fourth-order valence-electron chi connectivity index (χ4n) is 4.75. The van der Waals surface area contributed by atoms with Gasteiger partial charge in [0.15, 0.2) is 22.6 Å². The van der Waals surface area contributed by atoms with Gasteiger partial charge in [-0.25, -0.2) is 9.67 Å². The van der Waals surface area contributed by atoms with E-state index in [-0.39, 0.29) is 11.9 Å². The van der Waals surface area contributed by atoms with E-state index in [1.54, 1.807) is 29.3 Å². The van der Waals surface area contributed by atoms with Gasteiger partial charge in [0, 0.05) is 13.1 Å². The maximum Gasteiger partial charge on any atom is 0.254 e. The van der Waals surface area contributed by atoms with Gasteiger partial charge in [-0.1, -0.05) is 30.3 Å². The van der Waals surface area contributed by atoms with Gasteiger partial charge in [-0.3, -0.25) is 4.79 Å². The zero-order valence-corrected chi connectivity index (χ0v) is 18.8. The van der Waals surface area contributed by atoms with Crippen molar-refractivity contribution in [1.29, 1.82) is 0 Å². The van der Waals surface area contributed by atoms with Crippen LogP contribution in [-0.2, 0) is 10.3 Å². The van der Waals surface area contributed by atoms with Crippen LogP contribution < -0.4 is 5.73 Å². The first-order chi connectivity index (χ1) is 16.6. The lowest BCUT2D eigenvalue weighted by Gasteiger charge is -2.37. The van der Waals surface area contributed by atoms with Crippen molar-refractivity contribution in [3.05, 3.63) is 60.5 Å². The van der Waals surface area contributed by atoms with E-state index >= 15 is 0 Å². The highest BCUT2D eigenvalue weighted by Gasteiger charge is 2.43. The molecular weight excluding hydrogens is 432 g/mol. The van der Waals surface area contributed by atoms with Gasteiger partial charge in [0.05, 0.1) is 17.8 Å². The number of rotatable bonds is 4. The highest BCUT2D eigenvalue weighted by Crippen LogP contribution is 2.33. The molecule has 1 aromatic carbocycles. The van der Waals surface area contributed by atoms with Crippen LogP contribution in [0, 0.1) is 0 Å². The first-order valence-electron chi connectivity index (χ1n) is 11.4. The Hall–Kier alpha value is -4.21. The predicted molar refractivity (Wildman–Crippen MR) is 126 cm³/mol. The molecule has 10 heteroatoms. The normalized spacial score (nSPS) is 16.2. The van der Waals surface area contributed by atoms with Gasteiger partial charge in [-0.05, 0) is 43.9 Å². The third-order valence-electron chi connectivity index (χ3n) is 6.59. The van der Waals surface area contributed by atoms with Gasteiger partial charge in [0.1, 0.15) is 0 Å². The lowest BCUT2D eigenvalue weighted by Crippen LogP contribution is -2.51. The van der Waals surface area contributed by atoms with Crippen LogP contribution in [-0.4, -0.2) is 53.3 Å². The number of carbonyl (C=O) groups excluding carboxylic acids is 1. The molecule has 1 unspecified atom stereocenters. The average Bonchev–Trinajstić information content (AvgIpc) is 3.63. The molecule has 4 aromatic heterocycles. The number of carbonyl (C=O) groups is 1. The molecule has 1 amide bonds. The number of nitrogens with zero attached hydrogens (tertiary/aromatic N) is 7. The lowest BCUT2D eigenvalue weighted by atomic mass is 9.89. The largest absolute Gasteiger partial charge is 0.461 e. The fourth-order valence-corrected chi connectivity index (χ4v) is 4.75. The van der Waals surface area contributed by atoms with Crippen LogP contribution in [0.1, 0.15) is 31.7 Å². The SMILES string of the molecule is CC(C(=O)N1CCCCC1)(c1ccccc1)n1ncc2c1nc(N)n1nc(-c3ccco3)nc21. The van der Waals surface area contributed by atoms with Crippen molar-refractivity contribution in [1.82, 2.24) is 34.3 Å². The van der Waals surface area contributed by atoms with Crippen LogP contribution in [0.3, 0.4) is 0 Å². The number of fused-ring (bicyclic) bond motifs is 3. The summed E-state index contributed by atoms with van der Waals surface area (Å²) in [7, 11) is 0. The maximum atomic E-state index is 14.0. The first kappa shape index (κ1) is 20.4. The number of furan rings is 1. The zero-order valence-electron chi connectivity index (χ0n) is 18.8. The summed E-state index contributed by atoms with van der Waals surface area (Å²) < 4.78 is 8.59. The van der Waals surface area contributed by atoms with Gasteiger partial charge in [-0.2, -0.15) is 14.6 Å². The van der Waals surface area contributed by atoms with E-state index in [1.165, 1.54) is 4.52 Å². The van der Waals surface area contributed by atoms with E-state index in [0.29, 0.717) is 28.3 Å². The Morgan fingerprint density at radius 1 is 1.03 bits per heavy atom. The van der Waals surface area contributed by atoms with Crippen molar-refractivity contribution in [3.63, 3.8) is 0 Å². The molecule has 10 nitrogen and oxygen atoms in total. The van der Waals surface area contributed by atoms with Crippen LogP contribution in [0.15, 0.2) is 59.3 Å². The topological polar surface area (TPSA) is 120 Å². The molecule has 1 fully saturated rings. The number of hydrogen-bond donors (Lipinski definition) is 1. The number of nitrogen functional groups attached to an aromatic ring is 1. The number of nitrogens with two attached hydrogens (primary N) is 1. The molecule has 0 spiro atoms. The number of piperidine rings is 1. The smallest absolute Gasteiger partial charge is 0.254 e. The predicted octanol–water partition coefficient (Wildman–Crippen LogP) is 3.09. The monoisotopic (exact) mass is 456 g/mol. The molecule has 0 radical (unpaired) electrons. The Balaban J connectivity index is 1.57. The first-order valence-corrected chi connectivity index (χ1v) is 11.4. The number of benzene rings is 1. The van der Waals surface area contributed by atoms with Crippen molar-refractivity contribution in [2.75, 3.05) is 18.8 Å². The van der Waals surface area contributed by atoms with Crippen LogP contribution in [0.2, 0.25) is 0 Å². The highest BCUT2D eigenvalue weighted by atomic mass is 16.3. The van der Waals surface area contributed by atoms with Gasteiger partial charge >= 0.3 is 0 Å². The minimum absolute atomic E-state index is 0.0126. The molecule has 1 aliphatic rings. The number of hydrogen-bond acceptors (Lipinski definition) is 7. The zero-order chi connectivity index (χ0) is 23.3. The Kier molecular flexibility index (Phi) is 4.61. The van der Waals surface area contributed by atoms with Crippen molar-refractivity contribution >= 4 is 28.5 Å². The molecule has 6 rings (SSSR count). The molecule has 1 saturated heterocycles. The Morgan fingerprint density at radius 3 is 2.56 bits per heavy atom. The van der Waals surface area contributed by atoms with Gasteiger partial charge in [0.25, 0.3) is 5.91 Å². The van der Waals surface area contributed by atoms with E-state index in [4.69, 9.17) is 10.2 Å². The Morgan fingerprint density at radius 2 is 1.82 bits per heavy atom. The van der Waals surface area contributed by atoms with Gasteiger partial charge < -0.3 is 15.1 Å². The molecule has 0 aliphatic carbocycles. The van der Waals surface area contributed by atoms with E-state index < -0.39 is 5.54 Å². The summed E-state index contributed by atoms with van der Waals surface area (Å²) in [5.74, 6) is 1.06. The summed E-state index contributed by atoms with van der Waals surface area (Å²) in [6.45, 7) is 3.36. The molecule has 1 atom stereocenters. The molecule has 0 bridgehead atoms. The van der Waals surface area contributed by atoms with Gasteiger partial charge in [-0.15, -0.1) is 5.10 Å². The standard InChI is InChI=1S/C24H24N8O2/c1-24(16-9-4-2-5-10-16,22(33)30-12-6-3-7-13-30)32-21-17(15-26-32)20-27-19(18-11-8-14-34-18)29-31(20)23(25)28-21/h2,4-5,8-11,14-15H,3,6-7,12-13H2,1H3,(H2,25,28). The molecule has 0 saturated carbocycles. The van der Waals surface area contributed by atoms with E-state index in [0.717, 1.165) is 37.9 Å². The fraction of sp³-hybridized carbons (Fsp3) is 0.292. The minimum atomic E-state index is -1.11. The molecule has 172 valence electrons. The van der Waals surface area contributed by atoms with Crippen LogP contribution in [0.4, 0.5) is 5.95 Å². The van der Waals surface area contributed by atoms with E-state index in [1.807, 2.05) is 42.2 Å². The van der Waals surface area contributed by atoms with Crippen molar-refractivity contribution in [3.8, 4) is 11.6 Å².